The highest BCUT2D eigenvalue weighted by molar-refractivity contribution is 5.76. The lowest BCUT2D eigenvalue weighted by atomic mass is 9.83. The van der Waals surface area contributed by atoms with Gasteiger partial charge in [0.05, 0.1) is 12.2 Å². The normalized spacial score (nSPS) is 21.4. The van der Waals surface area contributed by atoms with Gasteiger partial charge < -0.3 is 14.5 Å². The van der Waals surface area contributed by atoms with Gasteiger partial charge in [0, 0.05) is 45.0 Å². The highest BCUT2D eigenvalue weighted by Crippen LogP contribution is 2.31. The number of methoxy groups -OCH3 is 1. The molecule has 0 saturated carbocycles. The molecule has 0 aliphatic carbocycles. The molecule has 1 aromatic heterocycles. The number of amides is 1. The summed E-state index contributed by atoms with van der Waals surface area (Å²) < 4.78 is 7.30. The van der Waals surface area contributed by atoms with Crippen molar-refractivity contribution in [3.05, 3.63) is 29.1 Å². The van der Waals surface area contributed by atoms with Crippen molar-refractivity contribution in [3.8, 4) is 0 Å². The molecule has 32 heavy (non-hydrogen) atoms. The van der Waals surface area contributed by atoms with E-state index in [9.17, 15) is 4.79 Å². The fourth-order valence-electron chi connectivity index (χ4n) is 5.69. The van der Waals surface area contributed by atoms with E-state index in [0.717, 1.165) is 49.4 Å². The Labute approximate surface area is 195 Å². The molecule has 2 atom stereocenters. The van der Waals surface area contributed by atoms with Gasteiger partial charge in [0.15, 0.2) is 0 Å². The zero-order chi connectivity index (χ0) is 23.1. The van der Waals surface area contributed by atoms with Crippen molar-refractivity contribution in [3.63, 3.8) is 0 Å². The number of allylic oxidation sites excluding steroid dienone is 1. The molecule has 0 unspecified atom stereocenters. The molecule has 1 aromatic rings. The van der Waals surface area contributed by atoms with Crippen molar-refractivity contribution in [1.29, 1.82) is 0 Å². The first-order chi connectivity index (χ1) is 15.4. The van der Waals surface area contributed by atoms with Crippen LogP contribution in [0.2, 0.25) is 0 Å². The molecular formula is C26H44N4O2. The zero-order valence-corrected chi connectivity index (χ0v) is 20.9. The third-order valence-electron chi connectivity index (χ3n) is 7.35. The maximum atomic E-state index is 13.4. The van der Waals surface area contributed by atoms with Crippen LogP contribution in [0.15, 0.2) is 12.2 Å². The number of ether oxygens (including phenoxy) is 1. The van der Waals surface area contributed by atoms with Crippen LogP contribution in [0.5, 0.6) is 0 Å². The first-order valence-electron chi connectivity index (χ1n) is 12.6. The summed E-state index contributed by atoms with van der Waals surface area (Å²) in [6, 6.07) is 0.667. The van der Waals surface area contributed by atoms with E-state index in [2.05, 4.69) is 35.3 Å². The minimum Gasteiger partial charge on any atom is -0.385 e. The van der Waals surface area contributed by atoms with E-state index < -0.39 is 0 Å². The maximum Gasteiger partial charge on any atom is 0.222 e. The van der Waals surface area contributed by atoms with Crippen LogP contribution >= 0.6 is 0 Å². The van der Waals surface area contributed by atoms with E-state index in [4.69, 9.17) is 4.74 Å². The molecule has 3 heterocycles. The molecule has 0 radical (unpaired) electrons. The number of aromatic nitrogens is 2. The SMILES string of the molecule is C=C(C)Cn1nc(C)c(CCC(=O)N(CCCOC)C[C@H]2CCCN3CCCC[C@@H]23)c1C. The van der Waals surface area contributed by atoms with Crippen molar-refractivity contribution in [2.75, 3.05) is 39.9 Å². The van der Waals surface area contributed by atoms with Gasteiger partial charge >= 0.3 is 0 Å². The van der Waals surface area contributed by atoms with Crippen LogP contribution in [0, 0.1) is 19.8 Å². The van der Waals surface area contributed by atoms with Crippen LogP contribution in [-0.4, -0.2) is 71.4 Å². The second kappa shape index (κ2) is 12.0. The molecule has 180 valence electrons. The molecule has 2 fully saturated rings. The number of aryl methyl sites for hydroxylation is 1. The summed E-state index contributed by atoms with van der Waals surface area (Å²) in [5.41, 5.74) is 4.50. The molecule has 2 aliphatic heterocycles. The summed E-state index contributed by atoms with van der Waals surface area (Å²) in [4.78, 5) is 18.2. The molecule has 6 heteroatoms. The van der Waals surface area contributed by atoms with Gasteiger partial charge in [-0.1, -0.05) is 18.6 Å². The largest absolute Gasteiger partial charge is 0.385 e. The second-order valence-corrected chi connectivity index (χ2v) is 9.95. The minimum atomic E-state index is 0.278. The Morgan fingerprint density at radius 1 is 1.22 bits per heavy atom. The molecular weight excluding hydrogens is 400 g/mol. The lowest BCUT2D eigenvalue weighted by molar-refractivity contribution is -0.132. The second-order valence-electron chi connectivity index (χ2n) is 9.95. The number of nitrogens with zero attached hydrogens (tertiary/aromatic N) is 4. The predicted molar refractivity (Wildman–Crippen MR) is 130 cm³/mol. The number of rotatable bonds is 11. The summed E-state index contributed by atoms with van der Waals surface area (Å²) >= 11 is 0. The Hall–Kier alpha value is -1.66. The average Bonchev–Trinajstić information content (AvgIpc) is 3.03. The summed E-state index contributed by atoms with van der Waals surface area (Å²) in [7, 11) is 1.74. The van der Waals surface area contributed by atoms with E-state index in [1.54, 1.807) is 7.11 Å². The molecule has 1 amide bonds. The molecule has 0 bridgehead atoms. The van der Waals surface area contributed by atoms with Crippen molar-refractivity contribution < 1.29 is 9.53 Å². The van der Waals surface area contributed by atoms with E-state index >= 15 is 0 Å². The molecule has 0 aromatic carbocycles. The number of carbonyl (C=O) groups is 1. The van der Waals surface area contributed by atoms with Crippen molar-refractivity contribution in [2.24, 2.45) is 5.92 Å². The first-order valence-corrected chi connectivity index (χ1v) is 12.6. The summed E-state index contributed by atoms with van der Waals surface area (Å²) in [6.45, 7) is 15.8. The molecule has 0 spiro atoms. The highest BCUT2D eigenvalue weighted by Gasteiger charge is 2.34. The standard InChI is InChI=1S/C26H44N4O2/c1-20(2)18-30-22(4)24(21(3)27-30)12-13-26(31)29(16-9-17-32-5)19-23-10-8-15-28-14-7-6-11-25(23)28/h23,25H,1,6-19H2,2-5H3/t23-,25+/m1/s1. The Kier molecular flexibility index (Phi) is 9.35. The van der Waals surface area contributed by atoms with Crippen molar-refractivity contribution in [1.82, 2.24) is 19.6 Å². The Morgan fingerprint density at radius 2 is 2.00 bits per heavy atom. The molecule has 2 saturated heterocycles. The zero-order valence-electron chi connectivity index (χ0n) is 20.9. The average molecular weight is 445 g/mol. The lowest BCUT2D eigenvalue weighted by Crippen LogP contribution is -2.51. The lowest BCUT2D eigenvalue weighted by Gasteiger charge is -2.45. The van der Waals surface area contributed by atoms with Gasteiger partial charge in [-0.2, -0.15) is 5.10 Å². The highest BCUT2D eigenvalue weighted by atomic mass is 16.5. The third-order valence-corrected chi connectivity index (χ3v) is 7.35. The monoisotopic (exact) mass is 444 g/mol. The molecule has 3 rings (SSSR count). The fourth-order valence-corrected chi connectivity index (χ4v) is 5.69. The number of hydrogen-bond donors (Lipinski definition) is 0. The van der Waals surface area contributed by atoms with Crippen LogP contribution in [0.25, 0.3) is 0 Å². The maximum absolute atomic E-state index is 13.4. The third kappa shape index (κ3) is 6.44. The summed E-state index contributed by atoms with van der Waals surface area (Å²) in [6.07, 6.45) is 8.69. The number of carbonyl (C=O) groups excluding carboxylic acids is 1. The summed E-state index contributed by atoms with van der Waals surface area (Å²) in [5.74, 6) is 0.887. The Morgan fingerprint density at radius 3 is 2.75 bits per heavy atom. The van der Waals surface area contributed by atoms with Crippen LogP contribution < -0.4 is 0 Å². The summed E-state index contributed by atoms with van der Waals surface area (Å²) in [5, 5.41) is 4.68. The topological polar surface area (TPSA) is 50.6 Å². The molecule has 2 aliphatic rings. The minimum absolute atomic E-state index is 0.278. The van der Waals surface area contributed by atoms with Gasteiger partial charge in [-0.05, 0) is 83.9 Å². The van der Waals surface area contributed by atoms with E-state index in [0.29, 0.717) is 25.0 Å². The molecule has 6 nitrogen and oxygen atoms in total. The van der Waals surface area contributed by atoms with E-state index in [1.807, 2.05) is 11.6 Å². The van der Waals surface area contributed by atoms with Crippen LogP contribution in [0.1, 0.15) is 68.8 Å². The number of hydrogen-bond acceptors (Lipinski definition) is 4. The molecule has 0 N–H and O–H groups in total. The Bertz CT molecular complexity index is 770. The van der Waals surface area contributed by atoms with Gasteiger partial charge in [-0.15, -0.1) is 0 Å². The number of piperidine rings is 2. The smallest absolute Gasteiger partial charge is 0.222 e. The predicted octanol–water partition coefficient (Wildman–Crippen LogP) is 4.14. The van der Waals surface area contributed by atoms with Crippen LogP contribution in [0.4, 0.5) is 0 Å². The van der Waals surface area contributed by atoms with Crippen molar-refractivity contribution in [2.45, 2.75) is 84.7 Å². The first kappa shape index (κ1) is 25.0. The van der Waals surface area contributed by atoms with E-state index in [1.165, 1.54) is 50.8 Å². The quantitative estimate of drug-likeness (QED) is 0.380. The Balaban J connectivity index is 1.64. The van der Waals surface area contributed by atoms with Crippen LogP contribution in [-0.2, 0) is 22.5 Å². The van der Waals surface area contributed by atoms with Gasteiger partial charge in [0.1, 0.15) is 0 Å². The van der Waals surface area contributed by atoms with Gasteiger partial charge in [-0.3, -0.25) is 9.48 Å². The van der Waals surface area contributed by atoms with Gasteiger partial charge in [0.2, 0.25) is 5.91 Å². The van der Waals surface area contributed by atoms with Crippen molar-refractivity contribution >= 4 is 5.91 Å². The van der Waals surface area contributed by atoms with Gasteiger partial charge in [0.25, 0.3) is 0 Å². The fraction of sp³-hybridized carbons (Fsp3) is 0.769. The number of fused-ring (bicyclic) bond motifs is 1. The van der Waals surface area contributed by atoms with E-state index in [-0.39, 0.29) is 5.91 Å². The van der Waals surface area contributed by atoms with Crippen LogP contribution in [0.3, 0.4) is 0 Å². The van der Waals surface area contributed by atoms with Gasteiger partial charge in [-0.25, -0.2) is 0 Å².